The topological polar surface area (TPSA) is 144 Å². The molecule has 1 aromatic carbocycles. The number of quaternary nitrogens is 1. The first-order valence-electron chi connectivity index (χ1n) is 13.1. The van der Waals surface area contributed by atoms with Crippen LogP contribution in [0, 0.1) is 17.0 Å². The number of rotatable bonds is 18. The third kappa shape index (κ3) is 12.4. The number of aliphatic hydroxyl groups excluding tert-OH is 3. The highest BCUT2D eigenvalue weighted by molar-refractivity contribution is 5.69. The minimum atomic E-state index is -1.30. The Hall–Kier alpha value is -1.85. The van der Waals surface area contributed by atoms with E-state index in [0.717, 1.165) is 12.8 Å². The predicted octanol–water partition coefficient (Wildman–Crippen LogP) is 2.26. The number of benzene rings is 1. The standard InChI is InChI=1S/C27H43NO8/c29-22(15-14-21-10-4-3-5-11-21)16-17-24-23(25(30)20-26(24)31)12-6-1-2-7-13-27(32)35-18-8-9-19-36-28(33)34/h1,3-6,10-11,22-26,28-31,33H,2,7-9,12-20H2/b6-1-/t22-,23+,24+,25-,26+/m0/s1. The lowest BCUT2D eigenvalue weighted by atomic mass is 9.85. The summed E-state index contributed by atoms with van der Waals surface area (Å²) in [7, 11) is 0. The molecule has 36 heavy (non-hydrogen) atoms. The fourth-order valence-corrected chi connectivity index (χ4v) is 4.77. The Labute approximate surface area is 213 Å². The van der Waals surface area contributed by atoms with Gasteiger partial charge in [-0.2, -0.15) is 10.0 Å². The van der Waals surface area contributed by atoms with Gasteiger partial charge in [-0.3, -0.25) is 4.79 Å². The Balaban J connectivity index is 1.59. The van der Waals surface area contributed by atoms with Crippen molar-refractivity contribution >= 4 is 5.97 Å². The molecule has 1 unspecified atom stereocenters. The molecule has 0 aliphatic heterocycles. The van der Waals surface area contributed by atoms with E-state index in [-0.39, 0.29) is 31.0 Å². The van der Waals surface area contributed by atoms with Crippen LogP contribution in [-0.2, 0) is 20.8 Å². The van der Waals surface area contributed by atoms with Crippen LogP contribution < -0.4 is 5.39 Å². The van der Waals surface area contributed by atoms with E-state index < -0.39 is 23.7 Å². The summed E-state index contributed by atoms with van der Waals surface area (Å²) in [6.07, 6.45) is 9.06. The lowest BCUT2D eigenvalue weighted by Crippen LogP contribution is -3.03. The first-order chi connectivity index (χ1) is 17.4. The first-order valence-corrected chi connectivity index (χ1v) is 13.1. The molecule has 0 spiro atoms. The predicted molar refractivity (Wildman–Crippen MR) is 133 cm³/mol. The van der Waals surface area contributed by atoms with E-state index in [1.165, 1.54) is 5.56 Å². The Bertz CT molecular complexity index is 745. The molecule has 2 rings (SSSR count). The number of unbranched alkanes of at least 4 members (excludes halogenated alkanes) is 2. The van der Waals surface area contributed by atoms with Crippen LogP contribution in [0.3, 0.4) is 0 Å². The summed E-state index contributed by atoms with van der Waals surface area (Å²) in [6.45, 7) is 0.349. The minimum Gasteiger partial charge on any atom is -0.566 e. The number of carbonyl (C=O) groups excluding carboxylic acids is 1. The van der Waals surface area contributed by atoms with Crippen LogP contribution in [0.1, 0.15) is 69.8 Å². The number of hydrogen-bond donors (Lipinski definition) is 5. The van der Waals surface area contributed by atoms with Gasteiger partial charge in [-0.1, -0.05) is 47.9 Å². The molecule has 0 amide bonds. The number of nitrogens with one attached hydrogen (secondary N) is 1. The van der Waals surface area contributed by atoms with Gasteiger partial charge in [0.25, 0.3) is 0 Å². The number of ether oxygens (including phenoxy) is 1. The number of carbonyl (C=O) groups is 1. The lowest BCUT2D eigenvalue weighted by Gasteiger charge is -2.23. The van der Waals surface area contributed by atoms with Crippen molar-refractivity contribution in [3.05, 3.63) is 53.3 Å². The fourth-order valence-electron chi connectivity index (χ4n) is 4.77. The van der Waals surface area contributed by atoms with Gasteiger partial charge in [-0.15, -0.1) is 0 Å². The maximum atomic E-state index is 11.7. The highest BCUT2D eigenvalue weighted by Crippen LogP contribution is 2.38. The molecule has 1 fully saturated rings. The smallest absolute Gasteiger partial charge is 0.305 e. The van der Waals surface area contributed by atoms with Gasteiger partial charge < -0.3 is 25.3 Å². The Morgan fingerprint density at radius 1 is 1.06 bits per heavy atom. The molecule has 0 aromatic heterocycles. The average molecular weight is 510 g/mol. The minimum absolute atomic E-state index is 0.0346. The summed E-state index contributed by atoms with van der Waals surface area (Å²) in [5, 5.41) is 48.6. The van der Waals surface area contributed by atoms with E-state index in [1.807, 2.05) is 30.4 Å². The van der Waals surface area contributed by atoms with Crippen LogP contribution in [0.25, 0.3) is 0 Å². The van der Waals surface area contributed by atoms with Crippen molar-refractivity contribution in [2.45, 2.75) is 88.9 Å². The van der Waals surface area contributed by atoms with E-state index in [4.69, 9.17) is 9.94 Å². The summed E-state index contributed by atoms with van der Waals surface area (Å²) in [5.74, 6) is -0.345. The molecule has 0 heterocycles. The summed E-state index contributed by atoms with van der Waals surface area (Å²) < 4.78 is 5.12. The summed E-state index contributed by atoms with van der Waals surface area (Å²) in [6, 6.07) is 10.1. The molecule has 9 nitrogen and oxygen atoms in total. The number of aryl methyl sites for hydroxylation is 1. The third-order valence-electron chi connectivity index (χ3n) is 6.82. The molecule has 6 atom stereocenters. The summed E-state index contributed by atoms with van der Waals surface area (Å²) in [5.41, 5.74) is 1.20. The second kappa shape index (κ2) is 17.6. The van der Waals surface area contributed by atoms with Gasteiger partial charge in [-0.25, -0.2) is 0 Å². The molecule has 1 aliphatic rings. The molecule has 1 aliphatic carbocycles. The molecule has 1 aromatic rings. The van der Waals surface area contributed by atoms with Gasteiger partial charge >= 0.3 is 5.97 Å². The van der Waals surface area contributed by atoms with Crippen molar-refractivity contribution in [2.24, 2.45) is 11.8 Å². The normalized spacial score (nSPS) is 23.7. The van der Waals surface area contributed by atoms with Crippen molar-refractivity contribution in [3.8, 4) is 0 Å². The molecule has 9 heteroatoms. The van der Waals surface area contributed by atoms with Crippen LogP contribution in [0.2, 0.25) is 0 Å². The van der Waals surface area contributed by atoms with E-state index >= 15 is 0 Å². The first kappa shape index (κ1) is 30.4. The largest absolute Gasteiger partial charge is 0.566 e. The number of allylic oxidation sites excluding steroid dienone is 2. The molecule has 1 saturated carbocycles. The molecular weight excluding hydrogens is 466 g/mol. The van der Waals surface area contributed by atoms with Crippen molar-refractivity contribution in [1.29, 1.82) is 0 Å². The second-order valence-electron chi connectivity index (χ2n) is 9.59. The molecule has 0 radical (unpaired) electrons. The highest BCUT2D eigenvalue weighted by atomic mass is 17.1. The zero-order valence-electron chi connectivity index (χ0n) is 21.0. The van der Waals surface area contributed by atoms with E-state index in [9.17, 15) is 25.3 Å². The fraction of sp³-hybridized carbons (Fsp3) is 0.667. The number of esters is 1. The Morgan fingerprint density at radius 2 is 1.78 bits per heavy atom. The van der Waals surface area contributed by atoms with Crippen molar-refractivity contribution in [1.82, 2.24) is 0 Å². The van der Waals surface area contributed by atoms with E-state index in [0.29, 0.717) is 57.8 Å². The van der Waals surface area contributed by atoms with Crippen molar-refractivity contribution in [3.63, 3.8) is 0 Å². The zero-order chi connectivity index (χ0) is 26.2. The quantitative estimate of drug-likeness (QED) is 0.0877. The highest BCUT2D eigenvalue weighted by Gasteiger charge is 2.40. The zero-order valence-corrected chi connectivity index (χ0v) is 21.0. The van der Waals surface area contributed by atoms with E-state index in [1.54, 1.807) is 0 Å². The van der Waals surface area contributed by atoms with Gasteiger partial charge in [0.15, 0.2) is 0 Å². The van der Waals surface area contributed by atoms with Crippen molar-refractivity contribution < 1.29 is 40.3 Å². The van der Waals surface area contributed by atoms with Gasteiger partial charge in [0.1, 0.15) is 6.61 Å². The lowest BCUT2D eigenvalue weighted by molar-refractivity contribution is -1.21. The molecule has 204 valence electrons. The van der Waals surface area contributed by atoms with Crippen LogP contribution in [-0.4, -0.2) is 58.0 Å². The van der Waals surface area contributed by atoms with Crippen LogP contribution >= 0.6 is 0 Å². The van der Waals surface area contributed by atoms with Crippen LogP contribution in [0.15, 0.2) is 42.5 Å². The Morgan fingerprint density at radius 3 is 2.53 bits per heavy atom. The van der Waals surface area contributed by atoms with Crippen molar-refractivity contribution in [2.75, 3.05) is 13.2 Å². The monoisotopic (exact) mass is 509 g/mol. The molecule has 0 bridgehead atoms. The summed E-state index contributed by atoms with van der Waals surface area (Å²) >= 11 is 0. The number of aliphatic hydroxyl groups is 3. The second-order valence-corrected chi connectivity index (χ2v) is 9.59. The maximum absolute atomic E-state index is 11.7. The van der Waals surface area contributed by atoms with Gasteiger partial charge in [0.2, 0.25) is 0 Å². The average Bonchev–Trinajstić information content (AvgIpc) is 3.12. The summed E-state index contributed by atoms with van der Waals surface area (Å²) in [4.78, 5) is 16.1. The van der Waals surface area contributed by atoms with Gasteiger partial charge in [0.05, 0.1) is 24.9 Å². The van der Waals surface area contributed by atoms with Gasteiger partial charge in [-0.05, 0) is 81.6 Å². The van der Waals surface area contributed by atoms with Gasteiger partial charge in [0, 0.05) is 6.42 Å². The van der Waals surface area contributed by atoms with E-state index in [2.05, 4.69) is 17.0 Å². The maximum Gasteiger partial charge on any atom is 0.305 e. The molecule has 5 N–H and O–H groups in total. The molecule has 0 saturated heterocycles. The van der Waals surface area contributed by atoms with Crippen LogP contribution in [0.4, 0.5) is 0 Å². The van der Waals surface area contributed by atoms with Crippen LogP contribution in [0.5, 0.6) is 0 Å². The molecular formula is C27H43NO8. The Kier molecular flexibility index (Phi) is 14.8. The SMILES string of the molecule is O=C(CCC/C=C\C[C@@H]1[C@@H](CC[C@@H](O)CCc2ccccc2)[C@H](O)C[C@@H]1O)OCCCCO[NH+]([O-])O. The third-order valence-corrected chi connectivity index (χ3v) is 6.82. The number of hydrogen-bond acceptors (Lipinski definition) is 8.